The second-order valence-corrected chi connectivity index (χ2v) is 9.88. The summed E-state index contributed by atoms with van der Waals surface area (Å²) >= 11 is 0.924. The first-order valence-electron chi connectivity index (χ1n) is 9.84. The van der Waals surface area contributed by atoms with Gasteiger partial charge in [-0.25, -0.2) is 17.9 Å². The molecule has 1 aliphatic carbocycles. The van der Waals surface area contributed by atoms with Crippen LogP contribution >= 0.6 is 11.3 Å². The number of sulfonamides is 1. The van der Waals surface area contributed by atoms with Gasteiger partial charge in [-0.05, 0) is 36.4 Å². The molecule has 2 aliphatic rings. The maximum atomic E-state index is 12.9. The van der Waals surface area contributed by atoms with Crippen molar-refractivity contribution in [3.8, 4) is 5.75 Å². The van der Waals surface area contributed by atoms with Gasteiger partial charge in [0.05, 0.1) is 12.2 Å². The number of nitrogens with one attached hydrogen (secondary N) is 2. The molecule has 1 saturated carbocycles. The van der Waals surface area contributed by atoms with E-state index in [1.54, 1.807) is 24.3 Å². The number of anilines is 1. The van der Waals surface area contributed by atoms with E-state index >= 15 is 0 Å². The number of carbonyl (C=O) groups excluding carboxylic acids is 3. The van der Waals surface area contributed by atoms with Crippen molar-refractivity contribution in [1.82, 2.24) is 10.0 Å². The van der Waals surface area contributed by atoms with Crippen LogP contribution < -0.4 is 19.7 Å². The lowest BCUT2D eigenvalue weighted by atomic mass is 10.1. The van der Waals surface area contributed by atoms with Gasteiger partial charge in [0, 0.05) is 13.1 Å². The van der Waals surface area contributed by atoms with Gasteiger partial charge in [0.1, 0.15) is 15.5 Å². The van der Waals surface area contributed by atoms with Gasteiger partial charge in [0.2, 0.25) is 10.0 Å². The van der Waals surface area contributed by atoms with Gasteiger partial charge < -0.3 is 19.7 Å². The van der Waals surface area contributed by atoms with Crippen molar-refractivity contribution >= 4 is 44.8 Å². The van der Waals surface area contributed by atoms with Crippen LogP contribution in [0.4, 0.5) is 5.69 Å². The molecule has 0 spiro atoms. The standard InChI is InChI=1S/C20H21N3O7S2/c1-21-19(25)15-10-23(13-4-2-3-5-14(13)30-15)17(24)11-29-20(26)18-16(8-9-31-18)32(27,28)22-12-6-7-12/h2-5,8-9,12,15,22H,6-7,10-11H2,1H3,(H,21,25)/t15-/m0/s1. The molecule has 12 heteroatoms. The summed E-state index contributed by atoms with van der Waals surface area (Å²) in [6.07, 6.45) is 0.600. The van der Waals surface area contributed by atoms with Gasteiger partial charge in [0.15, 0.2) is 12.7 Å². The fraction of sp³-hybridized carbons (Fsp3) is 0.350. The molecule has 1 atom stereocenters. The van der Waals surface area contributed by atoms with E-state index in [1.165, 1.54) is 23.4 Å². The Morgan fingerprint density at radius 2 is 1.97 bits per heavy atom. The van der Waals surface area contributed by atoms with Crippen molar-refractivity contribution in [3.63, 3.8) is 0 Å². The predicted octanol–water partition coefficient (Wildman–Crippen LogP) is 0.886. The van der Waals surface area contributed by atoms with Crippen molar-refractivity contribution in [2.45, 2.75) is 29.9 Å². The summed E-state index contributed by atoms with van der Waals surface area (Å²) in [6.45, 7) is -0.682. The monoisotopic (exact) mass is 479 g/mol. The summed E-state index contributed by atoms with van der Waals surface area (Å²) in [5.74, 6) is -1.52. The van der Waals surface area contributed by atoms with Crippen LogP contribution in [0, 0.1) is 0 Å². The minimum absolute atomic E-state index is 0.0585. The minimum Gasteiger partial charge on any atom is -0.477 e. The predicted molar refractivity (Wildman–Crippen MR) is 115 cm³/mol. The second-order valence-electron chi connectivity index (χ2n) is 7.28. The molecule has 10 nitrogen and oxygen atoms in total. The summed E-state index contributed by atoms with van der Waals surface area (Å²) in [7, 11) is -2.38. The first kappa shape index (κ1) is 22.2. The number of carbonyl (C=O) groups is 3. The molecule has 1 aromatic heterocycles. The van der Waals surface area contributed by atoms with Crippen molar-refractivity contribution in [2.75, 3.05) is 25.1 Å². The van der Waals surface area contributed by atoms with Crippen LogP contribution in [0.3, 0.4) is 0 Å². The molecule has 0 saturated heterocycles. The molecule has 2 aromatic rings. The number of hydrogen-bond acceptors (Lipinski definition) is 8. The fourth-order valence-electron chi connectivity index (χ4n) is 3.18. The molecule has 32 heavy (non-hydrogen) atoms. The molecule has 2 N–H and O–H groups in total. The van der Waals surface area contributed by atoms with E-state index in [1.807, 2.05) is 0 Å². The SMILES string of the molecule is CNC(=O)[C@@H]1CN(C(=O)COC(=O)c2sccc2S(=O)(=O)NC2CC2)c2ccccc2O1. The maximum absolute atomic E-state index is 12.9. The van der Waals surface area contributed by atoms with Crippen molar-refractivity contribution in [2.24, 2.45) is 0 Å². The Labute approximate surface area is 188 Å². The van der Waals surface area contributed by atoms with Crippen LogP contribution in [0.5, 0.6) is 5.75 Å². The lowest BCUT2D eigenvalue weighted by Crippen LogP contribution is -2.51. The maximum Gasteiger partial charge on any atom is 0.350 e. The Hall–Kier alpha value is -2.96. The second kappa shape index (κ2) is 8.88. The van der Waals surface area contributed by atoms with E-state index in [2.05, 4.69) is 10.0 Å². The Kier molecular flexibility index (Phi) is 6.17. The number of nitrogens with zero attached hydrogens (tertiary/aromatic N) is 1. The third-order valence-corrected chi connectivity index (χ3v) is 7.53. The van der Waals surface area contributed by atoms with Crippen LogP contribution in [-0.2, 0) is 24.3 Å². The molecule has 2 heterocycles. The number of amides is 2. The Bertz CT molecular complexity index is 1160. The zero-order valence-corrected chi connectivity index (χ0v) is 18.7. The van der Waals surface area contributed by atoms with Crippen molar-refractivity contribution < 1.29 is 32.3 Å². The van der Waals surface area contributed by atoms with Crippen LogP contribution in [0.15, 0.2) is 40.6 Å². The Morgan fingerprint density at radius 1 is 1.22 bits per heavy atom. The third kappa shape index (κ3) is 4.61. The average Bonchev–Trinajstić information content (AvgIpc) is 3.44. The quantitative estimate of drug-likeness (QED) is 0.564. The number of hydrogen-bond donors (Lipinski definition) is 2. The number of thiophene rings is 1. The topological polar surface area (TPSA) is 131 Å². The molecule has 170 valence electrons. The number of benzene rings is 1. The van der Waals surface area contributed by atoms with E-state index in [4.69, 9.17) is 9.47 Å². The highest BCUT2D eigenvalue weighted by molar-refractivity contribution is 7.89. The number of rotatable bonds is 7. The van der Waals surface area contributed by atoms with Crippen LogP contribution in [0.25, 0.3) is 0 Å². The largest absolute Gasteiger partial charge is 0.477 e. The van der Waals surface area contributed by atoms with E-state index in [-0.39, 0.29) is 22.4 Å². The molecule has 1 fully saturated rings. The summed E-state index contributed by atoms with van der Waals surface area (Å²) in [6, 6.07) is 7.93. The summed E-state index contributed by atoms with van der Waals surface area (Å²) < 4.78 is 38.3. The minimum atomic E-state index is -3.84. The molecule has 1 aliphatic heterocycles. The zero-order valence-electron chi connectivity index (χ0n) is 17.1. The highest BCUT2D eigenvalue weighted by Gasteiger charge is 2.35. The van der Waals surface area contributed by atoms with Gasteiger partial charge in [-0.3, -0.25) is 9.59 Å². The number of para-hydroxylation sites is 2. The summed E-state index contributed by atoms with van der Waals surface area (Å²) in [5, 5.41) is 3.96. The van der Waals surface area contributed by atoms with E-state index < -0.39 is 40.5 Å². The molecule has 0 bridgehead atoms. The molecular weight excluding hydrogens is 458 g/mol. The van der Waals surface area contributed by atoms with Gasteiger partial charge in [-0.1, -0.05) is 12.1 Å². The number of likely N-dealkylation sites (N-methyl/N-ethyl adjacent to an activating group) is 1. The van der Waals surface area contributed by atoms with Crippen molar-refractivity contribution in [1.29, 1.82) is 0 Å². The molecule has 2 amide bonds. The van der Waals surface area contributed by atoms with Crippen molar-refractivity contribution in [3.05, 3.63) is 40.6 Å². The van der Waals surface area contributed by atoms with E-state index in [0.29, 0.717) is 11.4 Å². The zero-order chi connectivity index (χ0) is 22.9. The highest BCUT2D eigenvalue weighted by atomic mass is 32.2. The Morgan fingerprint density at radius 3 is 2.69 bits per heavy atom. The molecular formula is C20H21N3O7S2. The van der Waals surface area contributed by atoms with Crippen LogP contribution in [0.2, 0.25) is 0 Å². The van der Waals surface area contributed by atoms with E-state index in [0.717, 1.165) is 24.2 Å². The lowest BCUT2D eigenvalue weighted by molar-refractivity contribution is -0.128. The third-order valence-electron chi connectivity index (χ3n) is 4.94. The summed E-state index contributed by atoms with van der Waals surface area (Å²) in [5.41, 5.74) is 0.446. The molecule has 1 aromatic carbocycles. The number of esters is 1. The van der Waals surface area contributed by atoms with Crippen LogP contribution in [0.1, 0.15) is 22.5 Å². The first-order chi connectivity index (χ1) is 15.3. The van der Waals surface area contributed by atoms with Gasteiger partial charge in [-0.2, -0.15) is 0 Å². The number of fused-ring (bicyclic) bond motifs is 1. The van der Waals surface area contributed by atoms with Gasteiger partial charge in [-0.15, -0.1) is 11.3 Å². The average molecular weight is 480 g/mol. The molecule has 4 rings (SSSR count). The smallest absolute Gasteiger partial charge is 0.350 e. The van der Waals surface area contributed by atoms with Gasteiger partial charge >= 0.3 is 5.97 Å². The molecule has 0 radical (unpaired) electrons. The van der Waals surface area contributed by atoms with Gasteiger partial charge in [0.25, 0.3) is 11.8 Å². The number of ether oxygens (including phenoxy) is 2. The first-order valence-corrected chi connectivity index (χ1v) is 12.2. The summed E-state index contributed by atoms with van der Waals surface area (Å²) in [4.78, 5) is 38.5. The lowest BCUT2D eigenvalue weighted by Gasteiger charge is -2.33. The normalized spacial score (nSPS) is 17.8. The molecule has 0 unspecified atom stereocenters. The fourth-order valence-corrected chi connectivity index (χ4v) is 5.80. The van der Waals surface area contributed by atoms with Crippen LogP contribution in [-0.4, -0.2) is 58.5 Å². The Balaban J connectivity index is 1.46. The van der Waals surface area contributed by atoms with E-state index in [9.17, 15) is 22.8 Å². The highest BCUT2D eigenvalue weighted by Crippen LogP contribution is 2.33.